The third-order valence-electron chi connectivity index (χ3n) is 3.90. The molecule has 1 aliphatic carbocycles. The van der Waals surface area contributed by atoms with Gasteiger partial charge in [0.1, 0.15) is 0 Å². The van der Waals surface area contributed by atoms with Gasteiger partial charge in [0.15, 0.2) is 5.82 Å². The van der Waals surface area contributed by atoms with Crippen LogP contribution in [0.3, 0.4) is 0 Å². The zero-order valence-corrected chi connectivity index (χ0v) is 10.9. The zero-order valence-electron chi connectivity index (χ0n) is 10.9. The fourth-order valence-corrected chi connectivity index (χ4v) is 2.61. The second-order valence-electron chi connectivity index (χ2n) is 5.13. The lowest BCUT2D eigenvalue weighted by Crippen LogP contribution is -2.14. The first-order valence-electron chi connectivity index (χ1n) is 6.77. The number of rotatable bonds is 4. The fourth-order valence-electron chi connectivity index (χ4n) is 2.61. The van der Waals surface area contributed by atoms with E-state index in [0.717, 1.165) is 24.6 Å². The van der Waals surface area contributed by atoms with E-state index in [9.17, 15) is 0 Å². The van der Waals surface area contributed by atoms with E-state index in [1.165, 1.54) is 19.3 Å². The Morgan fingerprint density at radius 2 is 2.17 bits per heavy atom. The van der Waals surface area contributed by atoms with Crippen molar-refractivity contribution in [3.63, 3.8) is 0 Å². The Morgan fingerprint density at radius 1 is 1.44 bits per heavy atom. The third kappa shape index (κ3) is 2.91. The maximum absolute atomic E-state index is 5.85. The average molecular weight is 247 g/mol. The minimum Gasteiger partial charge on any atom is -0.338 e. The molecule has 0 amide bonds. The van der Waals surface area contributed by atoms with E-state index in [0.29, 0.717) is 18.2 Å². The number of nitrogens with zero attached hydrogens (tertiary/aromatic N) is 2. The largest absolute Gasteiger partial charge is 0.338 e. The molecule has 4 nitrogen and oxygen atoms in total. The monoisotopic (exact) mass is 247 g/mol. The first-order chi connectivity index (χ1) is 8.74. The topological polar surface area (TPSA) is 64.9 Å². The molecule has 2 rings (SSSR count). The van der Waals surface area contributed by atoms with Gasteiger partial charge in [0.25, 0.3) is 0 Å². The average Bonchev–Trinajstić information content (AvgIpc) is 2.89. The van der Waals surface area contributed by atoms with Gasteiger partial charge in [0, 0.05) is 12.3 Å². The van der Waals surface area contributed by atoms with Gasteiger partial charge in [-0.25, -0.2) is 0 Å². The van der Waals surface area contributed by atoms with Crippen molar-refractivity contribution in [2.75, 3.05) is 0 Å². The Morgan fingerprint density at radius 3 is 2.78 bits per heavy atom. The van der Waals surface area contributed by atoms with E-state index in [2.05, 4.69) is 23.0 Å². The van der Waals surface area contributed by atoms with Crippen molar-refractivity contribution in [2.45, 2.75) is 57.4 Å². The van der Waals surface area contributed by atoms with Crippen LogP contribution in [0.25, 0.3) is 0 Å². The van der Waals surface area contributed by atoms with E-state index >= 15 is 0 Å². The summed E-state index contributed by atoms with van der Waals surface area (Å²) in [7, 11) is 0. The number of hydrogen-bond donors (Lipinski definition) is 1. The van der Waals surface area contributed by atoms with Crippen LogP contribution in [-0.4, -0.2) is 10.1 Å². The van der Waals surface area contributed by atoms with Gasteiger partial charge in [-0.3, -0.25) is 0 Å². The molecule has 0 aromatic carbocycles. The van der Waals surface area contributed by atoms with Crippen LogP contribution in [0.5, 0.6) is 0 Å². The van der Waals surface area contributed by atoms with Crippen LogP contribution in [0.4, 0.5) is 0 Å². The molecule has 1 saturated carbocycles. The molecular weight excluding hydrogens is 226 g/mol. The standard InChI is InChI=1S/C14H21N3O/c1-3-5-12(15)14-16-13(17-18-14)11-8-6-10(4-2)7-9-11/h1,10-12H,4-9,15H2,2H3. The van der Waals surface area contributed by atoms with Gasteiger partial charge in [-0.05, 0) is 31.6 Å². The minimum atomic E-state index is -0.330. The van der Waals surface area contributed by atoms with Crippen LogP contribution in [0, 0.1) is 18.3 Å². The third-order valence-corrected chi connectivity index (χ3v) is 3.90. The molecule has 1 atom stereocenters. The molecule has 98 valence electrons. The number of terminal acetylenes is 1. The Balaban J connectivity index is 1.96. The summed E-state index contributed by atoms with van der Waals surface area (Å²) in [6, 6.07) is -0.330. The number of nitrogens with two attached hydrogens (primary N) is 1. The van der Waals surface area contributed by atoms with Crippen molar-refractivity contribution in [3.05, 3.63) is 11.7 Å². The van der Waals surface area contributed by atoms with Crippen LogP contribution in [-0.2, 0) is 0 Å². The van der Waals surface area contributed by atoms with E-state index in [1.54, 1.807) is 0 Å². The first-order valence-corrected chi connectivity index (χ1v) is 6.77. The van der Waals surface area contributed by atoms with Gasteiger partial charge in [-0.2, -0.15) is 4.98 Å². The number of hydrogen-bond acceptors (Lipinski definition) is 4. The predicted octanol–water partition coefficient (Wildman–Crippen LogP) is 2.78. The van der Waals surface area contributed by atoms with Crippen molar-refractivity contribution in [1.82, 2.24) is 10.1 Å². The Bertz CT molecular complexity index is 413. The van der Waals surface area contributed by atoms with Gasteiger partial charge >= 0.3 is 0 Å². The maximum Gasteiger partial charge on any atom is 0.244 e. The highest BCUT2D eigenvalue weighted by Crippen LogP contribution is 2.35. The van der Waals surface area contributed by atoms with E-state index < -0.39 is 0 Å². The van der Waals surface area contributed by atoms with Gasteiger partial charge in [0.2, 0.25) is 5.89 Å². The van der Waals surface area contributed by atoms with Crippen molar-refractivity contribution in [2.24, 2.45) is 11.7 Å². The summed E-state index contributed by atoms with van der Waals surface area (Å²) in [5.41, 5.74) is 5.85. The summed E-state index contributed by atoms with van der Waals surface area (Å²) < 4.78 is 5.20. The summed E-state index contributed by atoms with van der Waals surface area (Å²) >= 11 is 0. The lowest BCUT2D eigenvalue weighted by atomic mass is 9.80. The Kier molecular flexibility index (Phi) is 4.38. The molecule has 1 aromatic rings. The molecule has 2 N–H and O–H groups in total. The normalized spacial score (nSPS) is 25.6. The van der Waals surface area contributed by atoms with Gasteiger partial charge in [-0.15, -0.1) is 12.3 Å². The van der Waals surface area contributed by atoms with Gasteiger partial charge in [-0.1, -0.05) is 18.5 Å². The molecule has 4 heteroatoms. The summed E-state index contributed by atoms with van der Waals surface area (Å²) in [6.07, 6.45) is 11.8. The molecule has 0 saturated heterocycles. The van der Waals surface area contributed by atoms with Crippen molar-refractivity contribution >= 4 is 0 Å². The van der Waals surface area contributed by atoms with E-state index in [-0.39, 0.29) is 6.04 Å². The highest BCUT2D eigenvalue weighted by Gasteiger charge is 2.25. The molecule has 1 aromatic heterocycles. The predicted molar refractivity (Wildman–Crippen MR) is 69.7 cm³/mol. The highest BCUT2D eigenvalue weighted by atomic mass is 16.5. The van der Waals surface area contributed by atoms with Crippen molar-refractivity contribution < 1.29 is 4.52 Å². The molecule has 1 fully saturated rings. The maximum atomic E-state index is 5.85. The Labute approximate surface area is 108 Å². The molecule has 1 heterocycles. The number of aromatic nitrogens is 2. The van der Waals surface area contributed by atoms with Crippen LogP contribution in [0.15, 0.2) is 4.52 Å². The SMILES string of the molecule is C#CCC(N)c1nc(C2CCC(CC)CC2)no1. The lowest BCUT2D eigenvalue weighted by molar-refractivity contribution is 0.301. The zero-order chi connectivity index (χ0) is 13.0. The smallest absolute Gasteiger partial charge is 0.244 e. The highest BCUT2D eigenvalue weighted by molar-refractivity contribution is 5.02. The first kappa shape index (κ1) is 13.1. The second kappa shape index (κ2) is 6.01. The molecule has 1 unspecified atom stereocenters. The van der Waals surface area contributed by atoms with Crippen molar-refractivity contribution in [1.29, 1.82) is 0 Å². The van der Waals surface area contributed by atoms with Crippen LogP contribution < -0.4 is 5.73 Å². The van der Waals surface area contributed by atoms with E-state index in [1.807, 2.05) is 0 Å². The van der Waals surface area contributed by atoms with Crippen LogP contribution >= 0.6 is 0 Å². The summed E-state index contributed by atoms with van der Waals surface area (Å²) in [5, 5.41) is 4.06. The molecule has 18 heavy (non-hydrogen) atoms. The molecule has 1 aliphatic rings. The molecule has 0 radical (unpaired) electrons. The minimum absolute atomic E-state index is 0.330. The summed E-state index contributed by atoms with van der Waals surface area (Å²) in [5.74, 6) is 5.11. The quantitative estimate of drug-likeness (QED) is 0.831. The van der Waals surface area contributed by atoms with Crippen LogP contribution in [0.2, 0.25) is 0 Å². The molecule has 0 spiro atoms. The molecule has 0 aliphatic heterocycles. The lowest BCUT2D eigenvalue weighted by Gasteiger charge is -2.25. The van der Waals surface area contributed by atoms with Gasteiger partial charge in [0.05, 0.1) is 6.04 Å². The summed E-state index contributed by atoms with van der Waals surface area (Å²) in [6.45, 7) is 2.26. The van der Waals surface area contributed by atoms with Crippen molar-refractivity contribution in [3.8, 4) is 12.3 Å². The molecule has 0 bridgehead atoms. The fraction of sp³-hybridized carbons (Fsp3) is 0.714. The van der Waals surface area contributed by atoms with Gasteiger partial charge < -0.3 is 10.3 Å². The second-order valence-corrected chi connectivity index (χ2v) is 5.13. The molecular formula is C14H21N3O. The Hall–Kier alpha value is -1.34. The summed E-state index contributed by atoms with van der Waals surface area (Å²) in [4.78, 5) is 4.40. The van der Waals surface area contributed by atoms with E-state index in [4.69, 9.17) is 16.7 Å². The van der Waals surface area contributed by atoms with Crippen LogP contribution in [0.1, 0.15) is 69.1 Å².